The maximum atomic E-state index is 11.8. The number of nitrogens with zero attached hydrogens (tertiary/aromatic N) is 6. The number of unbranched alkanes of at least 4 members (excludes halogenated alkanes) is 3. The zero-order valence-electron chi connectivity index (χ0n) is 27.9. The zero-order valence-corrected chi connectivity index (χ0v) is 27.9. The molecule has 48 heavy (non-hydrogen) atoms. The van der Waals surface area contributed by atoms with Crippen LogP contribution in [0.4, 0.5) is 0 Å². The van der Waals surface area contributed by atoms with Gasteiger partial charge in [-0.1, -0.05) is 109 Å². The van der Waals surface area contributed by atoms with Crippen molar-refractivity contribution in [3.8, 4) is 0 Å². The topological polar surface area (TPSA) is 98.0 Å². The Bertz CT molecular complexity index is 1300. The summed E-state index contributed by atoms with van der Waals surface area (Å²) in [4.78, 5) is 35.5. The Morgan fingerprint density at radius 3 is 0.875 bits per heavy atom. The average molecular weight is 649 g/mol. The van der Waals surface area contributed by atoms with Gasteiger partial charge < -0.3 is 0 Å². The molecule has 0 aliphatic heterocycles. The van der Waals surface area contributed by atoms with Gasteiger partial charge in [0.1, 0.15) is 0 Å². The van der Waals surface area contributed by atoms with Crippen molar-refractivity contribution in [2.75, 3.05) is 19.6 Å². The van der Waals surface area contributed by atoms with E-state index in [2.05, 4.69) is 52.3 Å². The normalized spacial score (nSPS) is 10.8. The lowest BCUT2D eigenvalue weighted by molar-refractivity contribution is 0.260. The minimum atomic E-state index is 0.340. The van der Waals surface area contributed by atoms with Crippen molar-refractivity contribution in [1.82, 2.24) is 15.0 Å². The largest absolute Gasteiger partial charge is 0.256 e. The second kappa shape index (κ2) is 21.1. The fraction of sp³-hybridized carbons (Fsp3) is 0.385. The third-order valence-electron chi connectivity index (χ3n) is 8.48. The molecule has 0 amide bonds. The lowest BCUT2D eigenvalue weighted by atomic mass is 10.0. The van der Waals surface area contributed by atoms with Crippen molar-refractivity contribution >= 4 is 0 Å². The van der Waals surface area contributed by atoms with E-state index in [1.165, 1.54) is 16.7 Å². The van der Waals surface area contributed by atoms with E-state index >= 15 is 0 Å². The van der Waals surface area contributed by atoms with Crippen LogP contribution in [0, 0.1) is 14.7 Å². The Morgan fingerprint density at radius 2 is 0.625 bits per heavy atom. The van der Waals surface area contributed by atoms with Gasteiger partial charge in [0.25, 0.3) is 0 Å². The molecule has 252 valence electrons. The van der Waals surface area contributed by atoms with Gasteiger partial charge in [-0.15, -0.1) is 14.7 Å². The Kier molecular flexibility index (Phi) is 15.8. The first-order chi connectivity index (χ1) is 23.6. The first-order valence-corrected chi connectivity index (χ1v) is 17.1. The SMILES string of the molecule is O=NN(CCCCc1ccccc1)Cc1cc(CN(CCCCc2ccccc2)N=O)cc(CN(CCCCc2ccccc2)N=O)c1. The van der Waals surface area contributed by atoms with Gasteiger partial charge in [-0.05, 0) is 91.2 Å². The second-order valence-electron chi connectivity index (χ2n) is 12.4. The molecular weight excluding hydrogens is 600 g/mol. The van der Waals surface area contributed by atoms with Gasteiger partial charge in [0, 0.05) is 19.6 Å². The highest BCUT2D eigenvalue weighted by Crippen LogP contribution is 2.19. The van der Waals surface area contributed by atoms with E-state index in [4.69, 9.17) is 0 Å². The molecule has 4 aromatic carbocycles. The van der Waals surface area contributed by atoms with E-state index in [1.807, 2.05) is 72.8 Å². The highest BCUT2D eigenvalue weighted by molar-refractivity contribution is 5.30. The lowest BCUT2D eigenvalue weighted by Gasteiger charge is -2.21. The number of benzene rings is 4. The molecule has 0 radical (unpaired) electrons. The molecule has 0 spiro atoms. The third kappa shape index (κ3) is 13.4. The fourth-order valence-corrected chi connectivity index (χ4v) is 6.00. The van der Waals surface area contributed by atoms with Crippen LogP contribution in [0.1, 0.15) is 71.9 Å². The van der Waals surface area contributed by atoms with Gasteiger partial charge in [-0.25, -0.2) is 0 Å². The molecule has 0 unspecified atom stereocenters. The Balaban J connectivity index is 1.37. The Hall–Kier alpha value is -4.92. The highest BCUT2D eigenvalue weighted by atomic mass is 16.3. The van der Waals surface area contributed by atoms with Gasteiger partial charge in [-0.3, -0.25) is 15.0 Å². The number of nitroso groups, excluding NO2 is 3. The van der Waals surface area contributed by atoms with E-state index < -0.39 is 0 Å². The van der Waals surface area contributed by atoms with Crippen molar-refractivity contribution in [2.24, 2.45) is 15.9 Å². The smallest absolute Gasteiger partial charge is 0.0642 e. The predicted molar refractivity (Wildman–Crippen MR) is 193 cm³/mol. The van der Waals surface area contributed by atoms with Crippen molar-refractivity contribution in [2.45, 2.75) is 77.4 Å². The van der Waals surface area contributed by atoms with Crippen LogP contribution >= 0.6 is 0 Å². The molecule has 0 saturated heterocycles. The molecule has 0 saturated carbocycles. The highest BCUT2D eigenvalue weighted by Gasteiger charge is 2.13. The first kappa shape index (κ1) is 35.9. The molecule has 0 fully saturated rings. The van der Waals surface area contributed by atoms with Crippen LogP contribution in [-0.4, -0.2) is 34.7 Å². The maximum absolute atomic E-state index is 11.8. The number of rotatable bonds is 24. The molecule has 9 nitrogen and oxygen atoms in total. The summed E-state index contributed by atoms with van der Waals surface area (Å²) in [5, 5.41) is 14.6. The van der Waals surface area contributed by atoms with Crippen LogP contribution in [0.2, 0.25) is 0 Å². The molecular formula is C39H48N6O3. The third-order valence-corrected chi connectivity index (χ3v) is 8.48. The van der Waals surface area contributed by atoms with Gasteiger partial charge >= 0.3 is 0 Å². The van der Waals surface area contributed by atoms with E-state index in [9.17, 15) is 14.7 Å². The van der Waals surface area contributed by atoms with Crippen molar-refractivity contribution in [3.05, 3.63) is 157 Å². The lowest BCUT2D eigenvalue weighted by Crippen LogP contribution is -2.21. The van der Waals surface area contributed by atoms with E-state index in [0.717, 1.165) is 74.5 Å². The summed E-state index contributed by atoms with van der Waals surface area (Å²) in [6.45, 7) is 2.65. The fourth-order valence-electron chi connectivity index (χ4n) is 6.00. The van der Waals surface area contributed by atoms with Gasteiger partial charge in [0.05, 0.1) is 35.5 Å². The summed E-state index contributed by atoms with van der Waals surface area (Å²) in [5.74, 6) is 0. The van der Waals surface area contributed by atoms with Crippen LogP contribution in [0.15, 0.2) is 125 Å². The van der Waals surface area contributed by atoms with Gasteiger partial charge in [-0.2, -0.15) is 0 Å². The van der Waals surface area contributed by atoms with E-state index in [-0.39, 0.29) is 0 Å². The number of aryl methyl sites for hydroxylation is 3. The maximum Gasteiger partial charge on any atom is 0.0642 e. The first-order valence-electron chi connectivity index (χ1n) is 17.1. The molecule has 0 heterocycles. The summed E-state index contributed by atoms with van der Waals surface area (Å²) in [7, 11) is 0. The molecule has 0 atom stereocenters. The minimum Gasteiger partial charge on any atom is -0.256 e. The summed E-state index contributed by atoms with van der Waals surface area (Å²) in [5.41, 5.74) is 6.53. The Labute approximate surface area is 284 Å². The molecule has 4 aromatic rings. The van der Waals surface area contributed by atoms with E-state index in [1.54, 1.807) is 15.0 Å². The molecule has 0 N–H and O–H groups in total. The minimum absolute atomic E-state index is 0.340. The van der Waals surface area contributed by atoms with Gasteiger partial charge in [0.2, 0.25) is 0 Å². The average Bonchev–Trinajstić information content (AvgIpc) is 3.13. The van der Waals surface area contributed by atoms with Crippen LogP contribution < -0.4 is 0 Å². The quantitative estimate of drug-likeness (QED) is 0.0427. The van der Waals surface area contributed by atoms with Crippen LogP contribution in [0.3, 0.4) is 0 Å². The summed E-state index contributed by atoms with van der Waals surface area (Å²) >= 11 is 0. The van der Waals surface area contributed by atoms with Crippen molar-refractivity contribution in [3.63, 3.8) is 0 Å². The van der Waals surface area contributed by atoms with Crippen molar-refractivity contribution in [1.29, 1.82) is 0 Å². The second-order valence-corrected chi connectivity index (χ2v) is 12.4. The summed E-state index contributed by atoms with van der Waals surface area (Å²) in [6, 6.07) is 37.0. The van der Waals surface area contributed by atoms with Crippen LogP contribution in [0.25, 0.3) is 0 Å². The Morgan fingerprint density at radius 1 is 0.354 bits per heavy atom. The van der Waals surface area contributed by atoms with E-state index in [0.29, 0.717) is 39.3 Å². The molecule has 9 heteroatoms. The van der Waals surface area contributed by atoms with Crippen LogP contribution in [0.5, 0.6) is 0 Å². The molecule has 0 aliphatic carbocycles. The van der Waals surface area contributed by atoms with Gasteiger partial charge in [0.15, 0.2) is 0 Å². The predicted octanol–water partition coefficient (Wildman–Crippen LogP) is 9.21. The number of hydrogen-bond donors (Lipinski definition) is 0. The monoisotopic (exact) mass is 648 g/mol. The molecule has 0 aliphatic rings. The number of hydrogen-bond acceptors (Lipinski definition) is 6. The summed E-state index contributed by atoms with van der Waals surface area (Å²) in [6.07, 6.45) is 8.23. The molecule has 0 aromatic heterocycles. The zero-order chi connectivity index (χ0) is 33.7. The standard InChI is InChI=1S/C39H48N6O3/c46-40-43(25-13-10-22-34-16-4-1-5-17-34)31-37-28-38(32-44(41-47)26-14-11-23-35-18-6-2-7-19-35)30-39(29-37)33-45(42-48)27-15-12-24-36-20-8-3-9-21-36/h1-9,16-21,28-30H,10-15,22-27,31-33H2. The van der Waals surface area contributed by atoms with Crippen LogP contribution in [-0.2, 0) is 38.9 Å². The molecule has 4 rings (SSSR count). The summed E-state index contributed by atoms with van der Waals surface area (Å²) < 4.78 is 0. The molecule has 0 bridgehead atoms. The van der Waals surface area contributed by atoms with Crippen molar-refractivity contribution < 1.29 is 0 Å².